The molecule has 0 spiro atoms. The van der Waals surface area contributed by atoms with Crippen molar-refractivity contribution in [2.24, 2.45) is 0 Å². The number of benzene rings is 2. The third-order valence-corrected chi connectivity index (χ3v) is 4.34. The van der Waals surface area contributed by atoms with Gasteiger partial charge in [-0.3, -0.25) is 9.59 Å². The standard InChI is InChI=1S/C20H21FN2O4/c1-26-18-7-4-15(13-17(18)21)20(25)22-16-5-2-14(3-6-16)12-19(24)23-8-10-27-11-9-23/h2-7,13H,8-12H2,1H3,(H,22,25). The van der Waals surface area contributed by atoms with E-state index in [0.717, 1.165) is 11.6 Å². The number of carbonyl (C=O) groups is 2. The molecule has 6 nitrogen and oxygen atoms in total. The molecule has 0 aromatic heterocycles. The van der Waals surface area contributed by atoms with Gasteiger partial charge in [-0.25, -0.2) is 4.39 Å². The van der Waals surface area contributed by atoms with Gasteiger partial charge in [0.1, 0.15) is 0 Å². The predicted octanol–water partition coefficient (Wildman–Crippen LogP) is 2.49. The van der Waals surface area contributed by atoms with Gasteiger partial charge in [0.05, 0.1) is 26.7 Å². The lowest BCUT2D eigenvalue weighted by Crippen LogP contribution is -2.41. The van der Waals surface area contributed by atoms with Gasteiger partial charge in [-0.15, -0.1) is 0 Å². The molecule has 2 aromatic carbocycles. The second kappa shape index (κ2) is 8.64. The van der Waals surface area contributed by atoms with E-state index in [1.54, 1.807) is 29.2 Å². The summed E-state index contributed by atoms with van der Waals surface area (Å²) in [5.41, 5.74) is 1.62. The van der Waals surface area contributed by atoms with E-state index in [1.807, 2.05) is 0 Å². The number of carbonyl (C=O) groups excluding carboxylic acids is 2. The summed E-state index contributed by atoms with van der Waals surface area (Å²) in [4.78, 5) is 26.3. The molecule has 0 atom stereocenters. The molecular weight excluding hydrogens is 351 g/mol. The molecular formula is C20H21FN2O4. The zero-order valence-corrected chi connectivity index (χ0v) is 15.0. The molecule has 0 saturated carbocycles. The molecule has 1 aliphatic rings. The van der Waals surface area contributed by atoms with Crippen LogP contribution in [0.4, 0.5) is 10.1 Å². The van der Waals surface area contributed by atoms with Crippen LogP contribution in [0.3, 0.4) is 0 Å². The van der Waals surface area contributed by atoms with Crippen LogP contribution in [-0.4, -0.2) is 50.1 Å². The monoisotopic (exact) mass is 372 g/mol. The highest BCUT2D eigenvalue weighted by Crippen LogP contribution is 2.19. The van der Waals surface area contributed by atoms with Crippen molar-refractivity contribution in [1.82, 2.24) is 4.90 Å². The number of ether oxygens (including phenoxy) is 2. The van der Waals surface area contributed by atoms with Gasteiger partial charge >= 0.3 is 0 Å². The van der Waals surface area contributed by atoms with Crippen LogP contribution in [-0.2, 0) is 16.0 Å². The van der Waals surface area contributed by atoms with E-state index in [-0.39, 0.29) is 17.2 Å². The van der Waals surface area contributed by atoms with Gasteiger partial charge in [-0.1, -0.05) is 12.1 Å². The summed E-state index contributed by atoms with van der Waals surface area (Å²) in [6.07, 6.45) is 0.303. The van der Waals surface area contributed by atoms with E-state index in [1.165, 1.54) is 19.2 Å². The van der Waals surface area contributed by atoms with Crippen molar-refractivity contribution in [2.75, 3.05) is 38.7 Å². The molecule has 0 radical (unpaired) electrons. The highest BCUT2D eigenvalue weighted by atomic mass is 19.1. The van der Waals surface area contributed by atoms with Crippen molar-refractivity contribution in [2.45, 2.75) is 6.42 Å². The lowest BCUT2D eigenvalue weighted by molar-refractivity contribution is -0.134. The van der Waals surface area contributed by atoms with Crippen LogP contribution in [0.2, 0.25) is 0 Å². The second-order valence-corrected chi connectivity index (χ2v) is 6.17. The van der Waals surface area contributed by atoms with Gasteiger partial charge in [-0.05, 0) is 35.9 Å². The molecule has 142 valence electrons. The first kappa shape index (κ1) is 18.8. The molecule has 1 saturated heterocycles. The van der Waals surface area contributed by atoms with Crippen molar-refractivity contribution in [3.8, 4) is 5.75 Å². The Morgan fingerprint density at radius 3 is 2.48 bits per heavy atom. The smallest absolute Gasteiger partial charge is 0.255 e. The van der Waals surface area contributed by atoms with E-state index in [9.17, 15) is 14.0 Å². The fourth-order valence-electron chi connectivity index (χ4n) is 2.82. The third kappa shape index (κ3) is 4.83. The lowest BCUT2D eigenvalue weighted by Gasteiger charge is -2.26. The molecule has 0 unspecified atom stereocenters. The van der Waals surface area contributed by atoms with Gasteiger partial charge in [0, 0.05) is 24.3 Å². The van der Waals surface area contributed by atoms with Crippen molar-refractivity contribution in [3.63, 3.8) is 0 Å². The Morgan fingerprint density at radius 1 is 1.15 bits per heavy atom. The Hall–Kier alpha value is -2.93. The Labute approximate surface area is 156 Å². The van der Waals surface area contributed by atoms with Crippen molar-refractivity contribution < 1.29 is 23.5 Å². The summed E-state index contributed by atoms with van der Waals surface area (Å²) in [6, 6.07) is 11.1. The summed E-state index contributed by atoms with van der Waals surface area (Å²) < 4.78 is 23.8. The average Bonchev–Trinajstić information content (AvgIpc) is 2.70. The normalized spacial score (nSPS) is 13.9. The Morgan fingerprint density at radius 2 is 1.85 bits per heavy atom. The number of anilines is 1. The minimum absolute atomic E-state index is 0.0591. The van der Waals surface area contributed by atoms with E-state index >= 15 is 0 Å². The van der Waals surface area contributed by atoms with E-state index in [2.05, 4.69) is 5.32 Å². The van der Waals surface area contributed by atoms with Crippen LogP contribution in [0.5, 0.6) is 5.75 Å². The Balaban J connectivity index is 1.59. The van der Waals surface area contributed by atoms with Crippen LogP contribution >= 0.6 is 0 Å². The summed E-state index contributed by atoms with van der Waals surface area (Å²) in [6.45, 7) is 2.38. The number of hydrogen-bond acceptors (Lipinski definition) is 4. The van der Waals surface area contributed by atoms with Gasteiger partial charge in [0.15, 0.2) is 11.6 Å². The number of morpholine rings is 1. The van der Waals surface area contributed by atoms with Crippen molar-refractivity contribution >= 4 is 17.5 Å². The maximum atomic E-state index is 13.7. The zero-order chi connectivity index (χ0) is 19.2. The fourth-order valence-corrected chi connectivity index (χ4v) is 2.82. The molecule has 1 aliphatic heterocycles. The number of hydrogen-bond donors (Lipinski definition) is 1. The van der Waals surface area contributed by atoms with Crippen LogP contribution in [0.25, 0.3) is 0 Å². The first-order valence-electron chi connectivity index (χ1n) is 8.66. The molecule has 1 N–H and O–H groups in total. The number of nitrogens with zero attached hydrogens (tertiary/aromatic N) is 1. The number of nitrogens with one attached hydrogen (secondary N) is 1. The quantitative estimate of drug-likeness (QED) is 0.876. The van der Waals surface area contributed by atoms with Crippen molar-refractivity contribution in [3.05, 3.63) is 59.4 Å². The van der Waals surface area contributed by atoms with Gasteiger partial charge in [0.25, 0.3) is 5.91 Å². The van der Waals surface area contributed by atoms with Gasteiger partial charge in [-0.2, -0.15) is 0 Å². The van der Waals surface area contributed by atoms with Crippen LogP contribution in [0.15, 0.2) is 42.5 Å². The van der Waals surface area contributed by atoms with E-state index in [0.29, 0.717) is 38.4 Å². The summed E-state index contributed by atoms with van der Waals surface area (Å²) >= 11 is 0. The molecule has 2 amide bonds. The lowest BCUT2D eigenvalue weighted by atomic mass is 10.1. The molecule has 2 aromatic rings. The zero-order valence-electron chi connectivity index (χ0n) is 15.0. The Kier molecular flexibility index (Phi) is 6.03. The topological polar surface area (TPSA) is 67.9 Å². The highest BCUT2D eigenvalue weighted by Gasteiger charge is 2.17. The molecule has 1 heterocycles. The number of methoxy groups -OCH3 is 1. The van der Waals surface area contributed by atoms with E-state index in [4.69, 9.17) is 9.47 Å². The minimum Gasteiger partial charge on any atom is -0.494 e. The largest absolute Gasteiger partial charge is 0.494 e. The van der Waals surface area contributed by atoms with Crippen molar-refractivity contribution in [1.29, 1.82) is 0 Å². The molecule has 3 rings (SSSR count). The molecule has 0 bridgehead atoms. The SMILES string of the molecule is COc1ccc(C(=O)Nc2ccc(CC(=O)N3CCOCC3)cc2)cc1F. The van der Waals surface area contributed by atoms with Crippen LogP contribution in [0, 0.1) is 5.82 Å². The highest BCUT2D eigenvalue weighted by molar-refractivity contribution is 6.04. The predicted molar refractivity (Wildman–Crippen MR) is 98.5 cm³/mol. The third-order valence-electron chi connectivity index (χ3n) is 4.34. The average molecular weight is 372 g/mol. The maximum Gasteiger partial charge on any atom is 0.255 e. The first-order chi connectivity index (χ1) is 13.1. The molecule has 7 heteroatoms. The second-order valence-electron chi connectivity index (χ2n) is 6.17. The molecule has 27 heavy (non-hydrogen) atoms. The molecule has 1 fully saturated rings. The Bertz CT molecular complexity index is 817. The summed E-state index contributed by atoms with van der Waals surface area (Å²) in [7, 11) is 1.36. The molecule has 0 aliphatic carbocycles. The number of amides is 2. The number of rotatable bonds is 5. The number of halogens is 1. The summed E-state index contributed by atoms with van der Waals surface area (Å²) in [5.74, 6) is -0.875. The van der Waals surface area contributed by atoms with Crippen LogP contribution in [0.1, 0.15) is 15.9 Å². The first-order valence-corrected chi connectivity index (χ1v) is 8.66. The van der Waals surface area contributed by atoms with Gasteiger partial charge in [0.2, 0.25) is 5.91 Å². The maximum absolute atomic E-state index is 13.7. The van der Waals surface area contributed by atoms with Gasteiger partial charge < -0.3 is 19.7 Å². The van der Waals surface area contributed by atoms with E-state index < -0.39 is 11.7 Å². The summed E-state index contributed by atoms with van der Waals surface area (Å²) in [5, 5.41) is 2.71. The minimum atomic E-state index is -0.595. The van der Waals surface area contributed by atoms with Crippen LogP contribution < -0.4 is 10.1 Å². The fraction of sp³-hybridized carbons (Fsp3) is 0.300.